The molecule has 8 nitrogen and oxygen atoms in total. The predicted octanol–water partition coefficient (Wildman–Crippen LogP) is 4.57. The van der Waals surface area contributed by atoms with Crippen molar-refractivity contribution in [2.45, 2.75) is 50.7 Å². The molecule has 0 heterocycles. The van der Waals surface area contributed by atoms with Crippen LogP contribution in [0.3, 0.4) is 0 Å². The number of ketones is 1. The largest absolute Gasteiger partial charge is 0.513 e. The Morgan fingerprint density at radius 1 is 1.06 bits per heavy atom. The van der Waals surface area contributed by atoms with Gasteiger partial charge in [-0.05, 0) is 50.8 Å². The molecule has 0 saturated heterocycles. The molecule has 8 heteroatoms. The van der Waals surface area contributed by atoms with Crippen LogP contribution < -0.4 is 4.74 Å². The fourth-order valence-corrected chi connectivity index (χ4v) is 3.83. The summed E-state index contributed by atoms with van der Waals surface area (Å²) in [6.45, 7) is 1.71. The molecular formula is C24H26O8. The van der Waals surface area contributed by atoms with E-state index in [1.807, 2.05) is 0 Å². The van der Waals surface area contributed by atoms with E-state index >= 15 is 0 Å². The lowest BCUT2D eigenvalue weighted by atomic mass is 9.78. The fraction of sp³-hybridized carbons (Fsp3) is 0.417. The Hall–Kier alpha value is -3.42. The van der Waals surface area contributed by atoms with Crippen LogP contribution in [0.2, 0.25) is 0 Å². The first-order valence-corrected chi connectivity index (χ1v) is 10.7. The summed E-state index contributed by atoms with van der Waals surface area (Å²) in [6.07, 6.45) is 8.55. The quantitative estimate of drug-likeness (QED) is 0.262. The van der Waals surface area contributed by atoms with Gasteiger partial charge in [-0.2, -0.15) is 0 Å². The lowest BCUT2D eigenvalue weighted by Crippen LogP contribution is -2.49. The molecule has 1 fully saturated rings. The number of hydrogen-bond acceptors (Lipinski definition) is 8. The minimum atomic E-state index is -1.98. The molecule has 2 aliphatic carbocycles. The molecule has 1 aromatic rings. The summed E-state index contributed by atoms with van der Waals surface area (Å²) >= 11 is 0. The minimum Gasteiger partial charge on any atom is -0.434 e. The normalized spacial score (nSPS) is 22.6. The summed E-state index contributed by atoms with van der Waals surface area (Å²) in [4.78, 5) is 50.0. The van der Waals surface area contributed by atoms with Crippen molar-refractivity contribution in [1.82, 2.24) is 0 Å². The Labute approximate surface area is 186 Å². The van der Waals surface area contributed by atoms with Gasteiger partial charge in [-0.25, -0.2) is 9.59 Å². The minimum absolute atomic E-state index is 0.0437. The van der Waals surface area contributed by atoms with Crippen molar-refractivity contribution in [2.75, 3.05) is 6.61 Å². The van der Waals surface area contributed by atoms with Gasteiger partial charge < -0.3 is 23.7 Å². The fourth-order valence-electron chi connectivity index (χ4n) is 3.83. The summed E-state index contributed by atoms with van der Waals surface area (Å²) < 4.78 is 20.9. The zero-order valence-corrected chi connectivity index (χ0v) is 17.9. The Morgan fingerprint density at radius 3 is 2.53 bits per heavy atom. The Morgan fingerprint density at radius 2 is 1.81 bits per heavy atom. The number of aldehydes is 1. The van der Waals surface area contributed by atoms with Crippen molar-refractivity contribution in [3.8, 4) is 5.75 Å². The standard InChI is InChI=1S/C24H26O8/c1-2-29-22(27)31-20-14-7-6-13-19(20)21(26)24(15-9-8-10-17(24)16-25)32-23(28)30-18-11-4-3-5-12-18/h6-10,13-18H,2-5,11-12H2,1H3. The maximum Gasteiger partial charge on any atom is 0.513 e. The van der Waals surface area contributed by atoms with Gasteiger partial charge in [0, 0.05) is 0 Å². The maximum atomic E-state index is 13.7. The molecule has 2 unspecified atom stereocenters. The lowest BCUT2D eigenvalue weighted by molar-refractivity contribution is -0.115. The van der Waals surface area contributed by atoms with Crippen molar-refractivity contribution in [1.29, 1.82) is 0 Å². The van der Waals surface area contributed by atoms with E-state index in [4.69, 9.17) is 18.9 Å². The topological polar surface area (TPSA) is 105 Å². The highest BCUT2D eigenvalue weighted by Gasteiger charge is 2.49. The Kier molecular flexibility index (Phi) is 7.81. The average molecular weight is 442 g/mol. The van der Waals surface area contributed by atoms with Gasteiger partial charge in [-0.3, -0.25) is 4.79 Å². The second-order valence-electron chi connectivity index (χ2n) is 7.54. The molecule has 1 saturated carbocycles. The van der Waals surface area contributed by atoms with E-state index in [1.165, 1.54) is 30.4 Å². The summed E-state index contributed by atoms with van der Waals surface area (Å²) in [7, 11) is 0. The van der Waals surface area contributed by atoms with Gasteiger partial charge in [-0.15, -0.1) is 0 Å². The number of allylic oxidation sites excluding steroid dienone is 2. The second-order valence-corrected chi connectivity index (χ2v) is 7.54. The molecular weight excluding hydrogens is 416 g/mol. The number of ether oxygens (including phenoxy) is 4. The number of Topliss-reactive ketones (excluding diaryl/α,β-unsaturated/α-hetero) is 1. The molecule has 170 valence electrons. The van der Waals surface area contributed by atoms with Crippen LogP contribution in [0.25, 0.3) is 0 Å². The van der Waals surface area contributed by atoms with E-state index in [0.717, 1.165) is 32.1 Å². The number of rotatable bonds is 7. The van der Waals surface area contributed by atoms with Gasteiger partial charge in [0.15, 0.2) is 0 Å². The molecule has 0 radical (unpaired) electrons. The van der Waals surface area contributed by atoms with Gasteiger partial charge >= 0.3 is 12.3 Å². The van der Waals surface area contributed by atoms with Crippen LogP contribution in [-0.4, -0.2) is 42.7 Å². The number of carbonyl (C=O) groups is 4. The van der Waals surface area contributed by atoms with E-state index in [2.05, 4.69) is 0 Å². The lowest BCUT2D eigenvalue weighted by Gasteiger charge is -2.34. The molecule has 1 aromatic carbocycles. The van der Waals surface area contributed by atoms with Crippen LogP contribution in [0.4, 0.5) is 9.59 Å². The van der Waals surface area contributed by atoms with Crippen molar-refractivity contribution >= 4 is 24.4 Å². The average Bonchev–Trinajstić information content (AvgIpc) is 2.80. The summed E-state index contributed by atoms with van der Waals surface area (Å²) in [5, 5.41) is 0. The number of benzene rings is 1. The van der Waals surface area contributed by atoms with Gasteiger partial charge in [0.25, 0.3) is 0 Å². The van der Waals surface area contributed by atoms with Gasteiger partial charge in [0.05, 0.1) is 18.1 Å². The van der Waals surface area contributed by atoms with Crippen LogP contribution in [0, 0.1) is 5.92 Å². The molecule has 2 aliphatic rings. The number of para-hydroxylation sites is 1. The van der Waals surface area contributed by atoms with Crippen LogP contribution in [0.1, 0.15) is 49.4 Å². The highest BCUT2D eigenvalue weighted by Crippen LogP contribution is 2.35. The highest BCUT2D eigenvalue weighted by molar-refractivity contribution is 6.09. The molecule has 0 aliphatic heterocycles. The first-order chi connectivity index (χ1) is 15.5. The first-order valence-electron chi connectivity index (χ1n) is 10.7. The third-order valence-corrected chi connectivity index (χ3v) is 5.42. The molecule has 0 spiro atoms. The smallest absolute Gasteiger partial charge is 0.434 e. The zero-order chi connectivity index (χ0) is 23.0. The summed E-state index contributed by atoms with van der Waals surface area (Å²) in [5.41, 5.74) is -2.02. The molecule has 0 bridgehead atoms. The Bertz CT molecular complexity index is 912. The molecule has 3 rings (SSSR count). The van der Waals surface area contributed by atoms with Crippen LogP contribution >= 0.6 is 0 Å². The number of hydrogen-bond donors (Lipinski definition) is 0. The molecule has 0 amide bonds. The monoisotopic (exact) mass is 442 g/mol. The van der Waals surface area contributed by atoms with Crippen molar-refractivity contribution in [3.63, 3.8) is 0 Å². The molecule has 32 heavy (non-hydrogen) atoms. The van der Waals surface area contributed by atoms with Crippen LogP contribution in [-0.2, 0) is 19.0 Å². The van der Waals surface area contributed by atoms with Crippen molar-refractivity contribution in [3.05, 3.63) is 54.1 Å². The van der Waals surface area contributed by atoms with E-state index in [9.17, 15) is 19.2 Å². The molecule has 0 N–H and O–H groups in total. The van der Waals surface area contributed by atoms with Crippen LogP contribution in [0.15, 0.2) is 48.6 Å². The molecule has 0 aromatic heterocycles. The third-order valence-electron chi connectivity index (χ3n) is 5.42. The van der Waals surface area contributed by atoms with Gasteiger partial charge in [0.1, 0.15) is 18.1 Å². The van der Waals surface area contributed by atoms with Crippen molar-refractivity contribution < 1.29 is 38.1 Å². The van der Waals surface area contributed by atoms with Crippen LogP contribution in [0.5, 0.6) is 5.75 Å². The van der Waals surface area contributed by atoms with Gasteiger partial charge in [0.2, 0.25) is 11.4 Å². The predicted molar refractivity (Wildman–Crippen MR) is 113 cm³/mol. The van der Waals surface area contributed by atoms with E-state index in [0.29, 0.717) is 6.29 Å². The summed E-state index contributed by atoms with van der Waals surface area (Å²) in [5.74, 6) is -1.89. The van der Waals surface area contributed by atoms with Crippen molar-refractivity contribution in [2.24, 2.45) is 5.92 Å². The number of carbonyl (C=O) groups excluding carboxylic acids is 4. The van der Waals surface area contributed by atoms with E-state index in [1.54, 1.807) is 25.1 Å². The van der Waals surface area contributed by atoms with Gasteiger partial charge in [-0.1, -0.05) is 36.8 Å². The maximum absolute atomic E-state index is 13.7. The van der Waals surface area contributed by atoms with E-state index < -0.39 is 29.6 Å². The summed E-state index contributed by atoms with van der Waals surface area (Å²) in [6, 6.07) is 5.97. The third kappa shape index (κ3) is 5.25. The first kappa shape index (κ1) is 23.2. The SMILES string of the molecule is CCOC(=O)Oc1ccccc1C(=O)C1(OC(=O)OC2CCCCC2)C=CC=CC1C=O. The molecule has 2 atom stereocenters. The van der Waals surface area contributed by atoms with E-state index in [-0.39, 0.29) is 24.0 Å². The highest BCUT2D eigenvalue weighted by atomic mass is 16.7. The zero-order valence-electron chi connectivity index (χ0n) is 17.9. The second kappa shape index (κ2) is 10.7. The Balaban J connectivity index is 1.91.